The molecule has 0 unspecified atom stereocenters. The van der Waals surface area contributed by atoms with Gasteiger partial charge in [0.1, 0.15) is 11.8 Å². The molecule has 3 nitrogen and oxygen atoms in total. The molecule has 0 radical (unpaired) electrons. The van der Waals surface area contributed by atoms with Crippen LogP contribution in [0.2, 0.25) is 0 Å². The van der Waals surface area contributed by atoms with E-state index in [1.807, 2.05) is 12.1 Å². The Kier molecular flexibility index (Phi) is 6.19. The molecule has 0 saturated heterocycles. The third-order valence-electron chi connectivity index (χ3n) is 5.08. The average molecular weight is 446 g/mol. The van der Waals surface area contributed by atoms with Crippen molar-refractivity contribution in [3.8, 4) is 11.8 Å². The number of rotatable bonds is 5. The van der Waals surface area contributed by atoms with Gasteiger partial charge < -0.3 is 10.1 Å². The van der Waals surface area contributed by atoms with Gasteiger partial charge in [0, 0.05) is 15.8 Å². The first kappa shape index (κ1) is 18.1. The van der Waals surface area contributed by atoms with Crippen molar-refractivity contribution in [3.05, 3.63) is 57.2 Å². The lowest BCUT2D eigenvalue weighted by molar-refractivity contribution is 0.338. The minimum atomic E-state index is 0.562. The van der Waals surface area contributed by atoms with Crippen LogP contribution >= 0.6 is 22.6 Å². The summed E-state index contributed by atoms with van der Waals surface area (Å²) >= 11 is 2.35. The Labute approximate surface area is 163 Å². The Morgan fingerprint density at radius 3 is 2.64 bits per heavy atom. The molecule has 0 aromatic heterocycles. The van der Waals surface area contributed by atoms with E-state index in [-0.39, 0.29) is 0 Å². The smallest absolute Gasteiger partial charge is 0.136 e. The molecule has 0 aliphatic heterocycles. The lowest BCUT2D eigenvalue weighted by Crippen LogP contribution is -2.20. The van der Waals surface area contributed by atoms with Gasteiger partial charge in [-0.1, -0.05) is 12.1 Å². The first-order valence-electron chi connectivity index (χ1n) is 8.77. The lowest BCUT2D eigenvalue weighted by Gasteiger charge is -2.29. The van der Waals surface area contributed by atoms with Crippen LogP contribution in [0.5, 0.6) is 5.75 Å². The molecule has 0 bridgehead atoms. The van der Waals surface area contributed by atoms with Crippen molar-refractivity contribution in [2.75, 3.05) is 19.0 Å². The van der Waals surface area contributed by atoms with Crippen molar-refractivity contribution in [3.63, 3.8) is 0 Å². The summed E-state index contributed by atoms with van der Waals surface area (Å²) in [4.78, 5) is 0. The first-order valence-corrected chi connectivity index (χ1v) is 9.85. The van der Waals surface area contributed by atoms with Gasteiger partial charge in [-0.2, -0.15) is 5.26 Å². The number of hydrogen-bond acceptors (Lipinski definition) is 3. The van der Waals surface area contributed by atoms with Gasteiger partial charge in [-0.25, -0.2) is 0 Å². The molecular formula is C21H23IN2O. The van der Waals surface area contributed by atoms with Gasteiger partial charge in [-0.05, 0) is 96.0 Å². The van der Waals surface area contributed by atoms with E-state index in [4.69, 9.17) is 4.74 Å². The number of halogens is 1. The zero-order valence-electron chi connectivity index (χ0n) is 14.5. The van der Waals surface area contributed by atoms with Crippen LogP contribution in [-0.4, -0.2) is 13.7 Å². The highest BCUT2D eigenvalue weighted by molar-refractivity contribution is 14.1. The Bertz CT molecular complexity index is 761. The molecule has 2 aromatic rings. The monoisotopic (exact) mass is 446 g/mol. The van der Waals surface area contributed by atoms with Gasteiger partial charge in [0.15, 0.2) is 0 Å². The Hall–Kier alpha value is -1.74. The fraction of sp³-hybridized carbons (Fsp3) is 0.381. The number of benzene rings is 2. The molecule has 130 valence electrons. The van der Waals surface area contributed by atoms with Crippen molar-refractivity contribution in [1.29, 1.82) is 5.26 Å². The van der Waals surface area contributed by atoms with Crippen LogP contribution in [0.4, 0.5) is 5.69 Å². The highest BCUT2D eigenvalue weighted by Gasteiger charge is 2.23. The predicted molar refractivity (Wildman–Crippen MR) is 110 cm³/mol. The van der Waals surface area contributed by atoms with E-state index in [1.165, 1.54) is 40.5 Å². The normalized spacial score (nSPS) is 19.9. The molecule has 0 atom stereocenters. The van der Waals surface area contributed by atoms with Crippen LogP contribution in [0.1, 0.15) is 42.7 Å². The summed E-state index contributed by atoms with van der Waals surface area (Å²) in [5.74, 6) is 1.95. The second-order valence-electron chi connectivity index (χ2n) is 6.68. The quantitative estimate of drug-likeness (QED) is 0.612. The van der Waals surface area contributed by atoms with Gasteiger partial charge in [0.05, 0.1) is 12.7 Å². The molecule has 3 rings (SSSR count). The number of nitriles is 1. The Balaban J connectivity index is 1.54. The second kappa shape index (κ2) is 8.57. The molecule has 4 heteroatoms. The zero-order chi connectivity index (χ0) is 17.6. The van der Waals surface area contributed by atoms with Crippen LogP contribution in [-0.2, 0) is 0 Å². The van der Waals surface area contributed by atoms with Crippen molar-refractivity contribution >= 4 is 28.3 Å². The third kappa shape index (κ3) is 4.66. The number of ether oxygens (including phenoxy) is 1. The number of nitrogens with zero attached hydrogens (tertiary/aromatic N) is 1. The molecule has 0 spiro atoms. The SMILES string of the molecule is COc1ccc(C2CCC(CNc3cccc(I)c3)CC2)cc1C#N. The Morgan fingerprint density at radius 1 is 1.16 bits per heavy atom. The summed E-state index contributed by atoms with van der Waals surface area (Å²) in [6.45, 7) is 1.04. The van der Waals surface area contributed by atoms with Crippen molar-refractivity contribution in [2.45, 2.75) is 31.6 Å². The fourth-order valence-corrected chi connectivity index (χ4v) is 4.17. The van der Waals surface area contributed by atoms with Gasteiger partial charge >= 0.3 is 0 Å². The van der Waals surface area contributed by atoms with E-state index in [1.54, 1.807) is 7.11 Å². The van der Waals surface area contributed by atoms with Gasteiger partial charge in [-0.3, -0.25) is 0 Å². The Morgan fingerprint density at radius 2 is 1.96 bits per heavy atom. The maximum atomic E-state index is 9.27. The second-order valence-corrected chi connectivity index (χ2v) is 7.93. The number of anilines is 1. The van der Waals surface area contributed by atoms with Crippen molar-refractivity contribution in [1.82, 2.24) is 0 Å². The van der Waals surface area contributed by atoms with Gasteiger partial charge in [-0.15, -0.1) is 0 Å². The highest BCUT2D eigenvalue weighted by Crippen LogP contribution is 2.37. The molecule has 1 fully saturated rings. The summed E-state index contributed by atoms with van der Waals surface area (Å²) in [6.07, 6.45) is 4.84. The van der Waals surface area contributed by atoms with Crippen LogP contribution in [0.3, 0.4) is 0 Å². The summed E-state index contributed by atoms with van der Waals surface area (Å²) in [5, 5.41) is 12.9. The van der Waals surface area contributed by atoms with E-state index >= 15 is 0 Å². The summed E-state index contributed by atoms with van der Waals surface area (Å²) in [7, 11) is 1.61. The highest BCUT2D eigenvalue weighted by atomic mass is 127. The van der Waals surface area contributed by atoms with Gasteiger partial charge in [0.2, 0.25) is 0 Å². The summed E-state index contributed by atoms with van der Waals surface area (Å²) in [6, 6.07) is 16.8. The minimum absolute atomic E-state index is 0.562. The van der Waals surface area contributed by atoms with Crippen molar-refractivity contribution in [2.24, 2.45) is 5.92 Å². The van der Waals surface area contributed by atoms with Crippen LogP contribution in [0.25, 0.3) is 0 Å². The fourth-order valence-electron chi connectivity index (χ4n) is 3.63. The topological polar surface area (TPSA) is 45.0 Å². The lowest BCUT2D eigenvalue weighted by atomic mass is 9.78. The standard InChI is InChI=1S/C21H23IN2O/c1-25-21-10-9-17(11-18(21)13-23)16-7-5-15(6-8-16)14-24-20-4-2-3-19(22)12-20/h2-4,9-12,15-16,24H,5-8,14H2,1H3. The van der Waals surface area contributed by atoms with Crippen LogP contribution in [0.15, 0.2) is 42.5 Å². The van der Waals surface area contributed by atoms with E-state index < -0.39 is 0 Å². The molecule has 0 heterocycles. The number of nitrogens with one attached hydrogen (secondary N) is 1. The van der Waals surface area contributed by atoms with Gasteiger partial charge in [0.25, 0.3) is 0 Å². The summed E-state index contributed by atoms with van der Waals surface area (Å²) in [5.41, 5.74) is 3.13. The third-order valence-corrected chi connectivity index (χ3v) is 5.75. The maximum absolute atomic E-state index is 9.27. The number of methoxy groups -OCH3 is 1. The molecule has 1 aliphatic rings. The van der Waals surface area contributed by atoms with E-state index in [9.17, 15) is 5.26 Å². The van der Waals surface area contributed by atoms with E-state index in [0.29, 0.717) is 17.2 Å². The van der Waals surface area contributed by atoms with Crippen LogP contribution in [0, 0.1) is 20.8 Å². The molecule has 0 amide bonds. The molecule has 2 aromatic carbocycles. The van der Waals surface area contributed by atoms with Crippen molar-refractivity contribution < 1.29 is 4.74 Å². The molecule has 1 saturated carbocycles. The number of hydrogen-bond donors (Lipinski definition) is 1. The molecule has 1 aliphatic carbocycles. The largest absolute Gasteiger partial charge is 0.495 e. The molecular weight excluding hydrogens is 423 g/mol. The van der Waals surface area contributed by atoms with E-state index in [0.717, 1.165) is 12.5 Å². The molecule has 1 N–H and O–H groups in total. The minimum Gasteiger partial charge on any atom is -0.495 e. The predicted octanol–water partition coefficient (Wildman–Crippen LogP) is 5.56. The van der Waals surface area contributed by atoms with E-state index in [2.05, 4.69) is 64.3 Å². The molecule has 25 heavy (non-hydrogen) atoms. The zero-order valence-corrected chi connectivity index (χ0v) is 16.6. The summed E-state index contributed by atoms with van der Waals surface area (Å²) < 4.78 is 6.51. The first-order chi connectivity index (χ1) is 12.2. The average Bonchev–Trinajstić information content (AvgIpc) is 2.66. The van der Waals surface area contributed by atoms with Crippen LogP contribution < -0.4 is 10.1 Å². The maximum Gasteiger partial charge on any atom is 0.136 e.